The minimum atomic E-state index is 0.420. The summed E-state index contributed by atoms with van der Waals surface area (Å²) in [6.45, 7) is 4.02. The molecular weight excluding hydrogens is 314 g/mol. The number of halogens is 1. The molecule has 1 saturated heterocycles. The van der Waals surface area contributed by atoms with Crippen LogP contribution < -0.4 is 14.8 Å². The Balaban J connectivity index is 1.69. The van der Waals surface area contributed by atoms with Gasteiger partial charge in [0, 0.05) is 17.5 Å². The Kier molecular flexibility index (Phi) is 5.18. The first kappa shape index (κ1) is 16.3. The molecule has 2 unspecified atom stereocenters. The highest BCUT2D eigenvalue weighted by atomic mass is 35.5. The van der Waals surface area contributed by atoms with E-state index in [-0.39, 0.29) is 0 Å². The fraction of sp³-hybridized carbons (Fsp3) is 0.529. The molecule has 0 bridgehead atoms. The molecule has 6 heteroatoms. The van der Waals surface area contributed by atoms with Crippen molar-refractivity contribution in [1.82, 2.24) is 15.3 Å². The fourth-order valence-corrected chi connectivity index (χ4v) is 3.33. The normalized spacial score (nSPS) is 21.3. The summed E-state index contributed by atoms with van der Waals surface area (Å²) in [4.78, 5) is 8.24. The van der Waals surface area contributed by atoms with E-state index in [0.29, 0.717) is 29.3 Å². The Bertz CT molecular complexity index is 680. The minimum absolute atomic E-state index is 0.420. The lowest BCUT2D eigenvalue weighted by molar-refractivity contribution is 0.228. The van der Waals surface area contributed by atoms with Gasteiger partial charge in [-0.05, 0) is 44.7 Å². The number of fused-ring (bicyclic) bond motifs is 1. The van der Waals surface area contributed by atoms with E-state index in [9.17, 15) is 0 Å². The lowest BCUT2D eigenvalue weighted by Gasteiger charge is -2.27. The van der Waals surface area contributed by atoms with Crippen LogP contribution in [0.25, 0.3) is 10.9 Å². The lowest BCUT2D eigenvalue weighted by atomic mass is 9.91. The molecule has 3 rings (SSSR count). The van der Waals surface area contributed by atoms with Crippen molar-refractivity contribution >= 4 is 22.5 Å². The number of methoxy groups -OCH3 is 1. The van der Waals surface area contributed by atoms with Crippen LogP contribution in [0.5, 0.6) is 11.5 Å². The molecule has 1 N–H and O–H groups in total. The summed E-state index contributed by atoms with van der Waals surface area (Å²) in [6, 6.07) is 4.30. The van der Waals surface area contributed by atoms with Crippen LogP contribution in [0.4, 0.5) is 0 Å². The summed E-state index contributed by atoms with van der Waals surface area (Å²) in [6.07, 6.45) is 4.93. The molecule has 1 aromatic heterocycles. The number of nitrogens with one attached hydrogen (secondary N) is 1. The average molecular weight is 336 g/mol. The van der Waals surface area contributed by atoms with E-state index < -0.39 is 0 Å². The van der Waals surface area contributed by atoms with Gasteiger partial charge < -0.3 is 14.8 Å². The molecule has 2 heterocycles. The van der Waals surface area contributed by atoms with Crippen molar-refractivity contribution < 1.29 is 9.47 Å². The van der Waals surface area contributed by atoms with Gasteiger partial charge >= 0.3 is 0 Å². The van der Waals surface area contributed by atoms with Crippen molar-refractivity contribution in [3.8, 4) is 11.5 Å². The number of piperidine rings is 1. The molecule has 124 valence electrons. The molecule has 0 spiro atoms. The van der Waals surface area contributed by atoms with Gasteiger partial charge in [-0.3, -0.25) is 0 Å². The Morgan fingerprint density at radius 1 is 1.30 bits per heavy atom. The Hall–Kier alpha value is -1.59. The van der Waals surface area contributed by atoms with Gasteiger partial charge in [0.05, 0.1) is 19.2 Å². The highest BCUT2D eigenvalue weighted by Gasteiger charge is 2.18. The molecule has 0 radical (unpaired) electrons. The summed E-state index contributed by atoms with van der Waals surface area (Å²) in [7, 11) is 1.63. The van der Waals surface area contributed by atoms with Gasteiger partial charge in [0.25, 0.3) is 0 Å². The molecule has 1 fully saturated rings. The quantitative estimate of drug-likeness (QED) is 0.848. The van der Waals surface area contributed by atoms with Crippen molar-refractivity contribution in [3.63, 3.8) is 0 Å². The number of benzene rings is 1. The monoisotopic (exact) mass is 335 g/mol. The van der Waals surface area contributed by atoms with Gasteiger partial charge in [-0.1, -0.05) is 11.6 Å². The van der Waals surface area contributed by atoms with Gasteiger partial charge in [-0.15, -0.1) is 0 Å². The average Bonchev–Trinajstić information content (AvgIpc) is 2.55. The van der Waals surface area contributed by atoms with Gasteiger partial charge in [-0.2, -0.15) is 0 Å². The van der Waals surface area contributed by atoms with Crippen molar-refractivity contribution in [2.75, 3.05) is 20.3 Å². The van der Waals surface area contributed by atoms with Crippen molar-refractivity contribution in [3.05, 3.63) is 23.6 Å². The van der Waals surface area contributed by atoms with Gasteiger partial charge in [-0.25, -0.2) is 9.97 Å². The van der Waals surface area contributed by atoms with Crippen molar-refractivity contribution in [2.24, 2.45) is 5.92 Å². The summed E-state index contributed by atoms with van der Waals surface area (Å²) in [5.74, 6) is 2.08. The van der Waals surface area contributed by atoms with E-state index in [1.165, 1.54) is 19.2 Å². The zero-order chi connectivity index (χ0) is 16.2. The van der Waals surface area contributed by atoms with Gasteiger partial charge in [0.2, 0.25) is 0 Å². The van der Waals surface area contributed by atoms with Crippen LogP contribution in [0, 0.1) is 5.92 Å². The first-order chi connectivity index (χ1) is 11.2. The number of hydrogen-bond donors (Lipinski definition) is 1. The van der Waals surface area contributed by atoms with Crippen LogP contribution in [0.2, 0.25) is 5.15 Å². The topological polar surface area (TPSA) is 56.3 Å². The Morgan fingerprint density at radius 3 is 2.96 bits per heavy atom. The van der Waals surface area contributed by atoms with E-state index in [4.69, 9.17) is 21.1 Å². The number of aromatic nitrogens is 2. The zero-order valence-corrected chi connectivity index (χ0v) is 14.3. The van der Waals surface area contributed by atoms with Crippen LogP contribution in [-0.2, 0) is 0 Å². The third-order valence-electron chi connectivity index (χ3n) is 4.39. The second kappa shape index (κ2) is 7.32. The largest absolute Gasteiger partial charge is 0.493 e. The second-order valence-electron chi connectivity index (χ2n) is 6.07. The Labute approximate surface area is 141 Å². The first-order valence-corrected chi connectivity index (χ1v) is 8.39. The maximum Gasteiger partial charge on any atom is 0.163 e. The maximum atomic E-state index is 6.10. The predicted octanol–water partition coefficient (Wildman–Crippen LogP) is 3.45. The molecular formula is C17H22ClN3O2. The molecule has 0 amide bonds. The Morgan fingerprint density at radius 2 is 2.17 bits per heavy atom. The zero-order valence-electron chi connectivity index (χ0n) is 13.5. The SMILES string of the molecule is COc1cc2c(Cl)ncnc2cc1OCCC1CCNC(C)C1. The summed E-state index contributed by atoms with van der Waals surface area (Å²) < 4.78 is 11.4. The van der Waals surface area contributed by atoms with E-state index in [0.717, 1.165) is 29.8 Å². The van der Waals surface area contributed by atoms with Crippen LogP contribution in [-0.4, -0.2) is 36.3 Å². The second-order valence-corrected chi connectivity index (χ2v) is 6.43. The van der Waals surface area contributed by atoms with Crippen LogP contribution in [0.15, 0.2) is 18.5 Å². The molecule has 1 aliphatic heterocycles. The van der Waals surface area contributed by atoms with E-state index in [2.05, 4.69) is 22.2 Å². The van der Waals surface area contributed by atoms with Gasteiger partial charge in [0.1, 0.15) is 11.5 Å². The molecule has 5 nitrogen and oxygen atoms in total. The summed E-state index contributed by atoms with van der Waals surface area (Å²) >= 11 is 6.10. The number of hydrogen-bond acceptors (Lipinski definition) is 5. The van der Waals surface area contributed by atoms with Crippen LogP contribution in [0.3, 0.4) is 0 Å². The molecule has 0 aliphatic carbocycles. The maximum absolute atomic E-state index is 6.10. The third-order valence-corrected chi connectivity index (χ3v) is 4.69. The van der Waals surface area contributed by atoms with Gasteiger partial charge in [0.15, 0.2) is 11.5 Å². The van der Waals surface area contributed by atoms with Crippen molar-refractivity contribution in [1.29, 1.82) is 0 Å². The van der Waals surface area contributed by atoms with Crippen LogP contribution >= 0.6 is 11.6 Å². The molecule has 2 atom stereocenters. The predicted molar refractivity (Wildman–Crippen MR) is 91.4 cm³/mol. The lowest BCUT2D eigenvalue weighted by Crippen LogP contribution is -2.36. The minimum Gasteiger partial charge on any atom is -0.493 e. The van der Waals surface area contributed by atoms with Crippen molar-refractivity contribution in [2.45, 2.75) is 32.2 Å². The third kappa shape index (κ3) is 3.85. The van der Waals surface area contributed by atoms with Crippen LogP contribution in [0.1, 0.15) is 26.2 Å². The van der Waals surface area contributed by atoms with E-state index >= 15 is 0 Å². The molecule has 1 aliphatic rings. The molecule has 2 aromatic rings. The molecule has 1 aromatic carbocycles. The highest BCUT2D eigenvalue weighted by Crippen LogP contribution is 2.34. The number of rotatable bonds is 5. The highest BCUT2D eigenvalue weighted by molar-refractivity contribution is 6.34. The molecule has 23 heavy (non-hydrogen) atoms. The van der Waals surface area contributed by atoms with E-state index in [1.807, 2.05) is 12.1 Å². The summed E-state index contributed by atoms with van der Waals surface area (Å²) in [5, 5.41) is 4.67. The van der Waals surface area contributed by atoms with E-state index in [1.54, 1.807) is 7.11 Å². The fourth-order valence-electron chi connectivity index (χ4n) is 3.14. The number of nitrogens with zero attached hydrogens (tertiary/aromatic N) is 2. The standard InChI is InChI=1S/C17H22ClN3O2/c1-11-7-12(3-5-19-11)4-6-23-16-9-14-13(8-15(16)22-2)17(18)21-10-20-14/h8-12,19H,3-7H2,1-2H3. The first-order valence-electron chi connectivity index (χ1n) is 8.02. The molecule has 0 saturated carbocycles. The number of ether oxygens (including phenoxy) is 2. The summed E-state index contributed by atoms with van der Waals surface area (Å²) in [5.41, 5.74) is 0.760. The smallest absolute Gasteiger partial charge is 0.163 e.